The van der Waals surface area contributed by atoms with Gasteiger partial charge >= 0.3 is 5.97 Å². The Labute approximate surface area is 85.6 Å². The van der Waals surface area contributed by atoms with E-state index >= 15 is 0 Å². The lowest BCUT2D eigenvalue weighted by Crippen LogP contribution is -2.04. The van der Waals surface area contributed by atoms with Gasteiger partial charge in [-0.2, -0.15) is 0 Å². The van der Waals surface area contributed by atoms with Crippen molar-refractivity contribution in [2.24, 2.45) is 0 Å². The van der Waals surface area contributed by atoms with Crippen LogP contribution in [0.4, 0.5) is 0 Å². The first-order valence-corrected chi connectivity index (χ1v) is 5.15. The molecule has 0 aromatic heterocycles. The highest BCUT2D eigenvalue weighted by atomic mass is 16.5. The van der Waals surface area contributed by atoms with Gasteiger partial charge in [0.2, 0.25) is 0 Å². The van der Waals surface area contributed by atoms with Gasteiger partial charge in [-0.15, -0.1) is 0 Å². The van der Waals surface area contributed by atoms with Crippen LogP contribution in [-0.4, -0.2) is 12.6 Å². The molecule has 1 aliphatic heterocycles. The van der Waals surface area contributed by atoms with Crippen molar-refractivity contribution in [3.63, 3.8) is 0 Å². The molecular weight excluding hydrogens is 176 g/mol. The van der Waals surface area contributed by atoms with Gasteiger partial charge < -0.3 is 4.74 Å². The lowest BCUT2D eigenvalue weighted by molar-refractivity contribution is -0.142. The van der Waals surface area contributed by atoms with Crippen molar-refractivity contribution in [1.29, 1.82) is 0 Å². The van der Waals surface area contributed by atoms with Gasteiger partial charge in [0.1, 0.15) is 6.61 Å². The van der Waals surface area contributed by atoms with E-state index in [-0.39, 0.29) is 5.97 Å². The lowest BCUT2D eigenvalue weighted by atomic mass is 10.1. The summed E-state index contributed by atoms with van der Waals surface area (Å²) in [5, 5.41) is 0. The second kappa shape index (κ2) is 5.63. The fourth-order valence-electron chi connectivity index (χ4n) is 1.40. The molecule has 2 heteroatoms. The summed E-state index contributed by atoms with van der Waals surface area (Å²) in [6.45, 7) is 4.59. The number of allylic oxidation sites excluding steroid dienone is 3. The number of cyclic esters (lactones) is 1. The van der Waals surface area contributed by atoms with Crippen LogP contribution in [0.2, 0.25) is 0 Å². The number of esters is 1. The molecule has 78 valence electrons. The largest absolute Gasteiger partial charge is 0.461 e. The van der Waals surface area contributed by atoms with Crippen LogP contribution in [0.15, 0.2) is 23.3 Å². The maximum absolute atomic E-state index is 11.2. The number of hydrogen-bond acceptors (Lipinski definition) is 2. The maximum atomic E-state index is 11.2. The Kier molecular flexibility index (Phi) is 4.44. The topological polar surface area (TPSA) is 26.3 Å². The first-order valence-electron chi connectivity index (χ1n) is 5.15. The molecule has 0 atom stereocenters. The Bertz CT molecular complexity index is 261. The fourth-order valence-corrected chi connectivity index (χ4v) is 1.40. The van der Waals surface area contributed by atoms with Crippen molar-refractivity contribution in [3.8, 4) is 0 Å². The number of carbonyl (C=O) groups excluding carboxylic acids is 1. The molecule has 0 radical (unpaired) electrons. The third-order valence-electron chi connectivity index (χ3n) is 2.43. The van der Waals surface area contributed by atoms with Gasteiger partial charge in [0.25, 0.3) is 0 Å². The van der Waals surface area contributed by atoms with Crippen molar-refractivity contribution in [1.82, 2.24) is 0 Å². The van der Waals surface area contributed by atoms with E-state index in [1.165, 1.54) is 11.1 Å². The van der Waals surface area contributed by atoms with Crippen LogP contribution in [0.5, 0.6) is 0 Å². The van der Waals surface area contributed by atoms with Crippen molar-refractivity contribution in [3.05, 3.63) is 23.3 Å². The second-order valence-corrected chi connectivity index (χ2v) is 3.82. The van der Waals surface area contributed by atoms with Crippen LogP contribution in [-0.2, 0) is 9.53 Å². The van der Waals surface area contributed by atoms with E-state index in [1.54, 1.807) is 0 Å². The van der Waals surface area contributed by atoms with Crippen LogP contribution >= 0.6 is 0 Å². The SMILES string of the molecule is CC1=CCOC(=O)CCC(C)=CCC1. The summed E-state index contributed by atoms with van der Waals surface area (Å²) >= 11 is 0. The van der Waals surface area contributed by atoms with E-state index in [9.17, 15) is 4.79 Å². The quantitative estimate of drug-likeness (QED) is 0.437. The third kappa shape index (κ3) is 4.26. The van der Waals surface area contributed by atoms with Crippen molar-refractivity contribution >= 4 is 5.97 Å². The molecule has 0 aromatic carbocycles. The molecule has 0 spiro atoms. The molecule has 0 unspecified atom stereocenters. The second-order valence-electron chi connectivity index (χ2n) is 3.82. The van der Waals surface area contributed by atoms with E-state index in [1.807, 2.05) is 6.08 Å². The van der Waals surface area contributed by atoms with E-state index in [4.69, 9.17) is 4.74 Å². The average molecular weight is 194 g/mol. The standard InChI is InChI=1S/C12H18O2/c1-10-4-3-5-11(2)8-9-14-12(13)7-6-10/h4,8H,3,5-7,9H2,1-2H3. The monoisotopic (exact) mass is 194 g/mol. The van der Waals surface area contributed by atoms with E-state index < -0.39 is 0 Å². The molecule has 0 N–H and O–H groups in total. The zero-order valence-corrected chi connectivity index (χ0v) is 9.01. The van der Waals surface area contributed by atoms with Gasteiger partial charge in [-0.05, 0) is 39.2 Å². The summed E-state index contributed by atoms with van der Waals surface area (Å²) < 4.78 is 5.05. The molecule has 0 aromatic rings. The van der Waals surface area contributed by atoms with Gasteiger partial charge in [0.15, 0.2) is 0 Å². The molecule has 0 aliphatic carbocycles. The van der Waals surface area contributed by atoms with Gasteiger partial charge in [-0.1, -0.05) is 17.2 Å². The highest BCUT2D eigenvalue weighted by Crippen LogP contribution is 2.12. The minimum Gasteiger partial charge on any atom is -0.461 e. The molecule has 14 heavy (non-hydrogen) atoms. The Morgan fingerprint density at radius 1 is 1.07 bits per heavy atom. The van der Waals surface area contributed by atoms with E-state index in [0.717, 1.165) is 19.3 Å². The summed E-state index contributed by atoms with van der Waals surface area (Å²) in [5.41, 5.74) is 2.58. The lowest BCUT2D eigenvalue weighted by Gasteiger charge is -2.01. The Morgan fingerprint density at radius 2 is 1.79 bits per heavy atom. The molecule has 1 aliphatic rings. The van der Waals surface area contributed by atoms with Gasteiger partial charge in [-0.3, -0.25) is 4.79 Å². The first kappa shape index (κ1) is 11.0. The number of ether oxygens (including phenoxy) is 1. The summed E-state index contributed by atoms with van der Waals surface area (Å²) in [7, 11) is 0. The highest BCUT2D eigenvalue weighted by Gasteiger charge is 2.03. The molecule has 0 fully saturated rings. The normalized spacial score (nSPS) is 20.3. The molecule has 0 saturated heterocycles. The van der Waals surface area contributed by atoms with Crippen LogP contribution in [0.25, 0.3) is 0 Å². The summed E-state index contributed by atoms with van der Waals surface area (Å²) in [5.74, 6) is -0.0938. The molecule has 1 heterocycles. The summed E-state index contributed by atoms with van der Waals surface area (Å²) in [6.07, 6.45) is 7.69. The molecule has 2 nitrogen and oxygen atoms in total. The summed E-state index contributed by atoms with van der Waals surface area (Å²) in [4.78, 5) is 11.2. The molecule has 0 saturated carbocycles. The highest BCUT2D eigenvalue weighted by molar-refractivity contribution is 5.69. The Hall–Kier alpha value is -1.05. The Morgan fingerprint density at radius 3 is 2.57 bits per heavy atom. The Balaban J connectivity index is 2.58. The minimum absolute atomic E-state index is 0.0938. The van der Waals surface area contributed by atoms with Gasteiger partial charge in [0.05, 0.1) is 0 Å². The van der Waals surface area contributed by atoms with Crippen molar-refractivity contribution < 1.29 is 9.53 Å². The van der Waals surface area contributed by atoms with Gasteiger partial charge in [0, 0.05) is 6.42 Å². The molecular formula is C12H18O2. The van der Waals surface area contributed by atoms with Crippen LogP contribution in [0.3, 0.4) is 0 Å². The van der Waals surface area contributed by atoms with Gasteiger partial charge in [-0.25, -0.2) is 0 Å². The molecule has 1 rings (SSSR count). The number of rotatable bonds is 0. The van der Waals surface area contributed by atoms with E-state index in [2.05, 4.69) is 19.9 Å². The average Bonchev–Trinajstić information content (AvgIpc) is 2.16. The van der Waals surface area contributed by atoms with Crippen LogP contribution in [0.1, 0.15) is 39.5 Å². The maximum Gasteiger partial charge on any atom is 0.306 e. The summed E-state index contributed by atoms with van der Waals surface area (Å²) in [6, 6.07) is 0. The fraction of sp³-hybridized carbons (Fsp3) is 0.583. The van der Waals surface area contributed by atoms with Crippen LogP contribution < -0.4 is 0 Å². The van der Waals surface area contributed by atoms with Crippen molar-refractivity contribution in [2.75, 3.05) is 6.61 Å². The number of hydrogen-bond donors (Lipinski definition) is 0. The molecule has 0 bridgehead atoms. The smallest absolute Gasteiger partial charge is 0.306 e. The predicted molar refractivity (Wildman–Crippen MR) is 56.9 cm³/mol. The predicted octanol–water partition coefficient (Wildman–Crippen LogP) is 3.00. The zero-order valence-electron chi connectivity index (χ0n) is 9.01. The van der Waals surface area contributed by atoms with Crippen molar-refractivity contribution in [2.45, 2.75) is 39.5 Å². The zero-order chi connectivity index (χ0) is 10.4. The third-order valence-corrected chi connectivity index (χ3v) is 2.43. The minimum atomic E-state index is -0.0938. The first-order chi connectivity index (χ1) is 6.68. The number of carbonyl (C=O) groups is 1. The van der Waals surface area contributed by atoms with E-state index in [0.29, 0.717) is 13.0 Å². The van der Waals surface area contributed by atoms with Crippen LogP contribution in [0, 0.1) is 0 Å². The molecule has 0 amide bonds.